The Morgan fingerprint density at radius 2 is 1.66 bits per heavy atom. The van der Waals surface area contributed by atoms with E-state index in [1.54, 1.807) is 18.5 Å². The van der Waals surface area contributed by atoms with E-state index < -0.39 is 0 Å². The molecule has 180 valence electrons. The first-order valence-corrected chi connectivity index (χ1v) is 13.4. The molecule has 1 unspecified atom stereocenters. The van der Waals surface area contributed by atoms with Crippen LogP contribution >= 0.6 is 11.3 Å². The first-order chi connectivity index (χ1) is 15.7. The summed E-state index contributed by atoms with van der Waals surface area (Å²) in [5.41, 5.74) is 6.53. The number of nitrogens with two attached hydrogens (primary N) is 1. The number of nitrogen functional groups attached to an aromatic ring is 1. The van der Waals surface area contributed by atoms with E-state index >= 15 is 0 Å². The van der Waals surface area contributed by atoms with Gasteiger partial charge in [0, 0.05) is 23.7 Å². The van der Waals surface area contributed by atoms with Crippen molar-refractivity contribution in [3.63, 3.8) is 0 Å². The fraction of sp³-hybridized carbons (Fsp3) is 0.692. The van der Waals surface area contributed by atoms with E-state index in [1.807, 2.05) is 6.92 Å². The summed E-state index contributed by atoms with van der Waals surface area (Å²) in [7, 11) is 0. The van der Waals surface area contributed by atoms with Crippen LogP contribution in [-0.2, 0) is 9.53 Å². The number of carbonyl (C=O) groups is 1. The predicted octanol–water partition coefficient (Wildman–Crippen LogP) is 7.77. The van der Waals surface area contributed by atoms with Gasteiger partial charge in [-0.2, -0.15) is 0 Å². The van der Waals surface area contributed by atoms with Crippen molar-refractivity contribution in [3.8, 4) is 10.8 Å². The molecular weight excluding hydrogens is 420 g/mol. The van der Waals surface area contributed by atoms with Crippen LogP contribution in [0.15, 0.2) is 22.9 Å². The second kappa shape index (κ2) is 16.0. The van der Waals surface area contributed by atoms with Crippen LogP contribution in [0.4, 0.5) is 5.69 Å². The van der Waals surface area contributed by atoms with E-state index in [0.717, 1.165) is 22.7 Å². The average molecular weight is 463 g/mol. The van der Waals surface area contributed by atoms with Crippen molar-refractivity contribution < 1.29 is 13.9 Å². The molecule has 2 rings (SSSR count). The molecule has 2 heterocycles. The zero-order chi connectivity index (χ0) is 23.0. The number of anilines is 1. The molecule has 0 saturated carbocycles. The van der Waals surface area contributed by atoms with Gasteiger partial charge in [-0.1, -0.05) is 84.0 Å². The standard InChI is InChI=1S/C26H42N2O3S/c1-3-5-6-7-8-9-10-11-12-13-14-15-16-21(23(29)20-30-4-2)24-19-28-26(32-24)25-22(27)17-18-31-25/h17-19,21H,3-16,20,27H2,1-2H3. The lowest BCUT2D eigenvalue weighted by Crippen LogP contribution is -2.17. The van der Waals surface area contributed by atoms with Crippen molar-refractivity contribution in [1.29, 1.82) is 0 Å². The fourth-order valence-corrected chi connectivity index (χ4v) is 5.08. The lowest BCUT2D eigenvalue weighted by Gasteiger charge is -2.14. The minimum absolute atomic E-state index is 0.137. The molecular formula is C26H42N2O3S. The average Bonchev–Trinajstić information content (AvgIpc) is 3.44. The monoisotopic (exact) mass is 462 g/mol. The van der Waals surface area contributed by atoms with E-state index in [4.69, 9.17) is 14.9 Å². The Hall–Kier alpha value is -1.66. The SMILES string of the molecule is CCCCCCCCCCCCCCC(C(=O)COCC)c1cnc(-c2occc2N)s1. The molecule has 0 fully saturated rings. The van der Waals surface area contributed by atoms with Gasteiger partial charge < -0.3 is 14.9 Å². The number of furan rings is 1. The lowest BCUT2D eigenvalue weighted by molar-refractivity contribution is -0.125. The number of rotatable bonds is 19. The zero-order valence-electron chi connectivity index (χ0n) is 20.1. The third-order valence-corrected chi connectivity index (χ3v) is 7.05. The van der Waals surface area contributed by atoms with Crippen LogP contribution in [0.5, 0.6) is 0 Å². The molecule has 2 aromatic heterocycles. The number of ketones is 1. The second-order valence-electron chi connectivity index (χ2n) is 8.61. The molecule has 6 heteroatoms. The van der Waals surface area contributed by atoms with Crippen LogP contribution in [0.2, 0.25) is 0 Å². The van der Waals surface area contributed by atoms with Gasteiger partial charge in [-0.15, -0.1) is 11.3 Å². The van der Waals surface area contributed by atoms with E-state index in [2.05, 4.69) is 11.9 Å². The van der Waals surface area contributed by atoms with Gasteiger partial charge in [-0.3, -0.25) is 4.79 Å². The summed E-state index contributed by atoms with van der Waals surface area (Å²) >= 11 is 1.50. The molecule has 0 aliphatic rings. The molecule has 1 atom stereocenters. The van der Waals surface area contributed by atoms with Crippen molar-refractivity contribution in [2.24, 2.45) is 0 Å². The number of hydrogen-bond acceptors (Lipinski definition) is 6. The van der Waals surface area contributed by atoms with Crippen molar-refractivity contribution in [3.05, 3.63) is 23.4 Å². The maximum atomic E-state index is 12.8. The van der Waals surface area contributed by atoms with E-state index in [-0.39, 0.29) is 18.3 Å². The molecule has 0 aromatic carbocycles. The Kier molecular flexibility index (Phi) is 13.3. The van der Waals surface area contributed by atoms with E-state index in [1.165, 1.54) is 82.0 Å². The summed E-state index contributed by atoms with van der Waals surface area (Å²) in [5, 5.41) is 0.728. The van der Waals surface area contributed by atoms with E-state index in [9.17, 15) is 4.79 Å². The van der Waals surface area contributed by atoms with Crippen molar-refractivity contribution in [2.75, 3.05) is 18.9 Å². The summed E-state index contributed by atoms with van der Waals surface area (Å²) in [4.78, 5) is 18.2. The first-order valence-electron chi connectivity index (χ1n) is 12.6. The molecule has 0 aliphatic heterocycles. The van der Waals surface area contributed by atoms with Gasteiger partial charge in [-0.25, -0.2) is 4.98 Å². The number of nitrogens with zero attached hydrogens (tertiary/aromatic N) is 1. The van der Waals surface area contributed by atoms with Gasteiger partial charge in [-0.05, 0) is 13.3 Å². The Morgan fingerprint density at radius 1 is 1.03 bits per heavy atom. The summed E-state index contributed by atoms with van der Waals surface area (Å²) < 4.78 is 10.9. The van der Waals surface area contributed by atoms with Crippen LogP contribution in [0.25, 0.3) is 10.8 Å². The molecule has 0 spiro atoms. The molecule has 0 radical (unpaired) electrons. The van der Waals surface area contributed by atoms with Gasteiger partial charge >= 0.3 is 0 Å². The largest absolute Gasteiger partial charge is 0.460 e. The molecule has 2 N–H and O–H groups in total. The Labute approximate surface area is 198 Å². The van der Waals surface area contributed by atoms with Crippen molar-refractivity contribution in [2.45, 2.75) is 103 Å². The number of aromatic nitrogens is 1. The summed E-state index contributed by atoms with van der Waals surface area (Å²) in [6.07, 6.45) is 20.0. The topological polar surface area (TPSA) is 78.3 Å². The summed E-state index contributed by atoms with van der Waals surface area (Å²) in [6, 6.07) is 1.72. The van der Waals surface area contributed by atoms with Crippen LogP contribution in [0, 0.1) is 0 Å². The molecule has 0 saturated heterocycles. The van der Waals surface area contributed by atoms with Crippen LogP contribution in [0.3, 0.4) is 0 Å². The first kappa shape index (κ1) is 26.6. The minimum Gasteiger partial charge on any atom is -0.460 e. The third kappa shape index (κ3) is 9.45. The number of carbonyl (C=O) groups excluding carboxylic acids is 1. The highest BCUT2D eigenvalue weighted by Crippen LogP contribution is 2.35. The smallest absolute Gasteiger partial charge is 0.185 e. The zero-order valence-corrected chi connectivity index (χ0v) is 20.9. The number of thiazole rings is 1. The number of unbranched alkanes of at least 4 members (excludes halogenated alkanes) is 11. The highest BCUT2D eigenvalue weighted by molar-refractivity contribution is 7.15. The van der Waals surface area contributed by atoms with Crippen molar-refractivity contribution >= 4 is 22.8 Å². The molecule has 5 nitrogen and oxygen atoms in total. The maximum Gasteiger partial charge on any atom is 0.185 e. The van der Waals surface area contributed by atoms with Crippen LogP contribution in [-0.4, -0.2) is 24.0 Å². The summed E-state index contributed by atoms with van der Waals surface area (Å²) in [6.45, 7) is 4.89. The predicted molar refractivity (Wildman–Crippen MR) is 134 cm³/mol. The molecule has 0 aliphatic carbocycles. The number of ether oxygens (including phenoxy) is 1. The molecule has 32 heavy (non-hydrogen) atoms. The molecule has 0 amide bonds. The highest BCUT2D eigenvalue weighted by Gasteiger charge is 2.24. The fourth-order valence-electron chi connectivity index (χ4n) is 4.00. The van der Waals surface area contributed by atoms with Gasteiger partial charge in [0.2, 0.25) is 0 Å². The highest BCUT2D eigenvalue weighted by atomic mass is 32.1. The Bertz CT molecular complexity index is 756. The second-order valence-corrected chi connectivity index (χ2v) is 9.67. The quantitative estimate of drug-likeness (QED) is 0.216. The van der Waals surface area contributed by atoms with Gasteiger partial charge in [0.25, 0.3) is 0 Å². The number of hydrogen-bond donors (Lipinski definition) is 1. The Balaban J connectivity index is 1.73. The van der Waals surface area contributed by atoms with Crippen molar-refractivity contribution in [1.82, 2.24) is 4.98 Å². The normalized spacial score (nSPS) is 12.3. The Morgan fingerprint density at radius 3 is 2.22 bits per heavy atom. The lowest BCUT2D eigenvalue weighted by atomic mass is 9.95. The van der Waals surface area contributed by atoms with Gasteiger partial charge in [0.15, 0.2) is 16.6 Å². The van der Waals surface area contributed by atoms with Crippen LogP contribution in [0.1, 0.15) is 108 Å². The van der Waals surface area contributed by atoms with E-state index in [0.29, 0.717) is 18.1 Å². The minimum atomic E-state index is -0.160. The number of Topliss-reactive ketones (excluding diaryl/α,β-unsaturated/α-hetero) is 1. The van der Waals surface area contributed by atoms with Crippen LogP contribution < -0.4 is 5.73 Å². The summed E-state index contributed by atoms with van der Waals surface area (Å²) in [5.74, 6) is 0.562. The van der Waals surface area contributed by atoms with Gasteiger partial charge in [0.05, 0.1) is 17.9 Å². The molecule has 0 bridgehead atoms. The maximum absolute atomic E-state index is 12.8. The molecule has 2 aromatic rings. The third-order valence-electron chi connectivity index (χ3n) is 5.94. The van der Waals surface area contributed by atoms with Gasteiger partial charge in [0.1, 0.15) is 6.61 Å².